The molecule has 0 amide bonds. The van der Waals surface area contributed by atoms with E-state index in [2.05, 4.69) is 20.5 Å². The first kappa shape index (κ1) is 14.6. The number of hydrogen-bond donors (Lipinski definition) is 1. The van der Waals surface area contributed by atoms with Crippen molar-refractivity contribution in [2.75, 3.05) is 5.32 Å². The van der Waals surface area contributed by atoms with E-state index in [0.29, 0.717) is 6.54 Å². The number of aromatic nitrogens is 5. The van der Waals surface area contributed by atoms with Crippen molar-refractivity contribution >= 4 is 17.2 Å². The van der Waals surface area contributed by atoms with Gasteiger partial charge in [-0.3, -0.25) is 4.98 Å². The molecule has 0 aliphatic rings. The van der Waals surface area contributed by atoms with Gasteiger partial charge in [0.05, 0.1) is 36.7 Å². The molecule has 3 heterocycles. The molecule has 0 aliphatic heterocycles. The third-order valence-electron chi connectivity index (χ3n) is 3.63. The number of nitrogens with one attached hydrogen (secondary N) is 1. The van der Waals surface area contributed by atoms with E-state index in [-0.39, 0.29) is 0 Å². The minimum Gasteiger partial charge on any atom is -0.365 e. The van der Waals surface area contributed by atoms with Gasteiger partial charge in [-0.1, -0.05) is 18.2 Å². The Hall–Kier alpha value is -2.93. The smallest absolute Gasteiger partial charge is 0.124 e. The molecule has 0 saturated carbocycles. The highest BCUT2D eigenvalue weighted by Gasteiger charge is 2.06. The zero-order valence-corrected chi connectivity index (χ0v) is 13.7. The summed E-state index contributed by atoms with van der Waals surface area (Å²) in [6.07, 6.45) is 7.59. The number of para-hydroxylation sites is 1. The van der Waals surface area contributed by atoms with Crippen LogP contribution in [0.3, 0.4) is 0 Å². The molecule has 7 heteroatoms. The van der Waals surface area contributed by atoms with Crippen LogP contribution < -0.4 is 5.32 Å². The van der Waals surface area contributed by atoms with Crippen LogP contribution in [0.15, 0.2) is 66.7 Å². The first-order valence-corrected chi connectivity index (χ1v) is 8.48. The van der Waals surface area contributed by atoms with Crippen molar-refractivity contribution in [3.05, 3.63) is 77.1 Å². The van der Waals surface area contributed by atoms with Crippen molar-refractivity contribution in [1.82, 2.24) is 24.5 Å². The fourth-order valence-corrected chi connectivity index (χ4v) is 2.99. The molecule has 0 fully saturated rings. The van der Waals surface area contributed by atoms with Crippen LogP contribution in [0.5, 0.6) is 0 Å². The molecule has 4 rings (SSSR count). The summed E-state index contributed by atoms with van der Waals surface area (Å²) in [7, 11) is 0. The number of hydrogen-bond acceptors (Lipinski definition) is 5. The summed E-state index contributed by atoms with van der Waals surface area (Å²) in [4.78, 5) is 5.28. The highest BCUT2D eigenvalue weighted by atomic mass is 32.1. The molecule has 120 valence electrons. The number of nitrogens with zero attached hydrogens (tertiary/aromatic N) is 5. The molecule has 0 atom stereocenters. The molecule has 0 spiro atoms. The Kier molecular flexibility index (Phi) is 4.07. The molecule has 1 aromatic carbocycles. The summed E-state index contributed by atoms with van der Waals surface area (Å²) in [6, 6.07) is 12.1. The largest absolute Gasteiger partial charge is 0.365 e. The van der Waals surface area contributed by atoms with Gasteiger partial charge in [0, 0.05) is 28.9 Å². The van der Waals surface area contributed by atoms with Gasteiger partial charge in [0.2, 0.25) is 0 Å². The second-order valence-electron chi connectivity index (χ2n) is 5.32. The monoisotopic (exact) mass is 336 g/mol. The standard InChI is InChI=1S/C17H16N6S/c1-2-4-15(5-3-1)22-11-14(8-21-22)12-23-17(6-7-20-23)19-10-16-9-18-13-24-16/h1-9,11,13,19H,10,12H2. The molecule has 0 radical (unpaired) electrons. The highest BCUT2D eigenvalue weighted by molar-refractivity contribution is 7.09. The van der Waals surface area contributed by atoms with E-state index >= 15 is 0 Å². The Morgan fingerprint density at radius 1 is 1.04 bits per heavy atom. The molecule has 0 unspecified atom stereocenters. The Bertz CT molecular complexity index is 894. The summed E-state index contributed by atoms with van der Waals surface area (Å²) in [5.41, 5.74) is 3.99. The lowest BCUT2D eigenvalue weighted by Crippen LogP contribution is -2.08. The topological polar surface area (TPSA) is 60.6 Å². The van der Waals surface area contributed by atoms with E-state index in [1.165, 1.54) is 4.88 Å². The van der Waals surface area contributed by atoms with Gasteiger partial charge < -0.3 is 5.32 Å². The van der Waals surface area contributed by atoms with Crippen LogP contribution in [0.25, 0.3) is 5.69 Å². The number of benzene rings is 1. The molecular weight excluding hydrogens is 320 g/mol. The second-order valence-corrected chi connectivity index (χ2v) is 6.29. The summed E-state index contributed by atoms with van der Waals surface area (Å²) >= 11 is 1.64. The van der Waals surface area contributed by atoms with Crippen molar-refractivity contribution in [2.45, 2.75) is 13.1 Å². The summed E-state index contributed by atoms with van der Waals surface area (Å²) in [5.74, 6) is 0.982. The highest BCUT2D eigenvalue weighted by Crippen LogP contribution is 2.14. The molecule has 3 aromatic heterocycles. The molecule has 0 bridgehead atoms. The molecule has 4 aromatic rings. The maximum atomic E-state index is 4.43. The van der Waals surface area contributed by atoms with Gasteiger partial charge in [-0.15, -0.1) is 11.3 Å². The molecule has 6 nitrogen and oxygen atoms in total. The first-order chi connectivity index (χ1) is 11.9. The van der Waals surface area contributed by atoms with Crippen molar-refractivity contribution in [2.24, 2.45) is 0 Å². The second kappa shape index (κ2) is 6.67. The lowest BCUT2D eigenvalue weighted by Gasteiger charge is -2.08. The van der Waals surface area contributed by atoms with Crippen LogP contribution in [-0.4, -0.2) is 24.5 Å². The Labute approximate surface area is 143 Å². The van der Waals surface area contributed by atoms with Crippen LogP contribution in [0.4, 0.5) is 5.82 Å². The summed E-state index contributed by atoms with van der Waals surface area (Å²) in [5, 5.41) is 12.2. The Balaban J connectivity index is 1.46. The Morgan fingerprint density at radius 2 is 1.96 bits per heavy atom. The summed E-state index contributed by atoms with van der Waals surface area (Å²) < 4.78 is 3.82. The van der Waals surface area contributed by atoms with E-state index in [1.807, 2.05) is 69.9 Å². The van der Waals surface area contributed by atoms with Gasteiger partial charge in [-0.2, -0.15) is 10.2 Å². The lowest BCUT2D eigenvalue weighted by atomic mass is 10.3. The minimum absolute atomic E-state index is 0.671. The van der Waals surface area contributed by atoms with Crippen molar-refractivity contribution in [3.63, 3.8) is 0 Å². The van der Waals surface area contributed by atoms with Gasteiger partial charge >= 0.3 is 0 Å². The van der Waals surface area contributed by atoms with Crippen molar-refractivity contribution < 1.29 is 0 Å². The molecule has 24 heavy (non-hydrogen) atoms. The lowest BCUT2D eigenvalue weighted by molar-refractivity contribution is 0.690. The van der Waals surface area contributed by atoms with Gasteiger partial charge in [-0.05, 0) is 12.1 Å². The van der Waals surface area contributed by atoms with Crippen LogP contribution in [0.2, 0.25) is 0 Å². The van der Waals surface area contributed by atoms with E-state index in [9.17, 15) is 0 Å². The van der Waals surface area contributed by atoms with Gasteiger partial charge in [0.1, 0.15) is 5.82 Å². The van der Waals surface area contributed by atoms with E-state index in [0.717, 1.165) is 23.6 Å². The normalized spacial score (nSPS) is 10.8. The van der Waals surface area contributed by atoms with Crippen molar-refractivity contribution in [1.29, 1.82) is 0 Å². The summed E-state index contributed by atoms with van der Waals surface area (Å²) in [6.45, 7) is 1.42. The fourth-order valence-electron chi connectivity index (χ4n) is 2.45. The third kappa shape index (κ3) is 3.21. The average molecular weight is 336 g/mol. The maximum Gasteiger partial charge on any atom is 0.124 e. The van der Waals surface area contributed by atoms with E-state index in [4.69, 9.17) is 0 Å². The van der Waals surface area contributed by atoms with Gasteiger partial charge in [0.15, 0.2) is 0 Å². The first-order valence-electron chi connectivity index (χ1n) is 7.60. The molecule has 1 N–H and O–H groups in total. The predicted octanol–water partition coefficient (Wildman–Crippen LogP) is 3.19. The Morgan fingerprint density at radius 3 is 2.79 bits per heavy atom. The quantitative estimate of drug-likeness (QED) is 0.587. The molecule has 0 saturated heterocycles. The van der Waals surface area contributed by atoms with E-state index < -0.39 is 0 Å². The van der Waals surface area contributed by atoms with Gasteiger partial charge in [-0.25, -0.2) is 9.36 Å². The van der Waals surface area contributed by atoms with Crippen LogP contribution in [0.1, 0.15) is 10.4 Å². The SMILES string of the molecule is c1ccc(-n2cc(Cn3nccc3NCc3cncs3)cn2)cc1. The maximum absolute atomic E-state index is 4.43. The van der Waals surface area contributed by atoms with E-state index in [1.54, 1.807) is 17.5 Å². The zero-order chi connectivity index (χ0) is 16.2. The van der Waals surface area contributed by atoms with Gasteiger partial charge in [0.25, 0.3) is 0 Å². The van der Waals surface area contributed by atoms with Crippen molar-refractivity contribution in [3.8, 4) is 5.69 Å². The number of anilines is 1. The van der Waals surface area contributed by atoms with Crippen LogP contribution in [-0.2, 0) is 13.1 Å². The third-order valence-corrected chi connectivity index (χ3v) is 4.41. The fraction of sp³-hybridized carbons (Fsp3) is 0.118. The predicted molar refractivity (Wildman–Crippen MR) is 94.3 cm³/mol. The zero-order valence-electron chi connectivity index (χ0n) is 12.9. The number of thiazole rings is 1. The number of rotatable bonds is 6. The molecular formula is C17H16N6S. The molecule has 0 aliphatic carbocycles. The van der Waals surface area contributed by atoms with Crippen LogP contribution in [0, 0.1) is 0 Å². The average Bonchev–Trinajstić information content (AvgIpc) is 3.37. The minimum atomic E-state index is 0.671. The van der Waals surface area contributed by atoms with Crippen LogP contribution >= 0.6 is 11.3 Å².